The summed E-state index contributed by atoms with van der Waals surface area (Å²) in [6, 6.07) is 12.6. The van der Waals surface area contributed by atoms with Crippen LogP contribution in [0.5, 0.6) is 11.5 Å². The molecule has 0 heterocycles. The van der Waals surface area contributed by atoms with Crippen molar-refractivity contribution in [3.05, 3.63) is 94.0 Å². The third-order valence-corrected chi connectivity index (χ3v) is 7.11. The molecule has 2 atom stereocenters. The number of rotatable bonds is 16. The first-order chi connectivity index (χ1) is 21.1. The van der Waals surface area contributed by atoms with Crippen LogP contribution in [0.3, 0.4) is 0 Å². The molecule has 3 aromatic carbocycles. The molecule has 0 aliphatic heterocycles. The summed E-state index contributed by atoms with van der Waals surface area (Å²) in [6.45, 7) is 7.44. The van der Waals surface area contributed by atoms with E-state index < -0.39 is 29.7 Å². The van der Waals surface area contributed by atoms with Crippen LogP contribution in [-0.2, 0) is 13.0 Å². The number of amides is 2. The van der Waals surface area contributed by atoms with Gasteiger partial charge >= 0.3 is 0 Å². The third kappa shape index (κ3) is 10.0. The minimum Gasteiger partial charge on any atom is -0.497 e. The highest BCUT2D eigenvalue weighted by Crippen LogP contribution is 2.22. The molecule has 0 spiro atoms. The number of methoxy groups -OCH3 is 2. The average molecular weight is 612 g/mol. The van der Waals surface area contributed by atoms with Crippen molar-refractivity contribution in [1.29, 1.82) is 0 Å². The molecular formula is C34H43F2N3O5. The highest BCUT2D eigenvalue weighted by atomic mass is 19.1. The highest BCUT2D eigenvalue weighted by molar-refractivity contribution is 6.00. The molecule has 2 amide bonds. The summed E-state index contributed by atoms with van der Waals surface area (Å²) in [6.07, 6.45) is 0.456. The van der Waals surface area contributed by atoms with Crippen molar-refractivity contribution >= 4 is 11.8 Å². The lowest BCUT2D eigenvalue weighted by molar-refractivity contribution is 0.0755. The summed E-state index contributed by atoms with van der Waals surface area (Å²) < 4.78 is 38.6. The van der Waals surface area contributed by atoms with E-state index in [9.17, 15) is 23.5 Å². The molecule has 10 heteroatoms. The Labute approximate surface area is 258 Å². The smallest absolute Gasteiger partial charge is 0.253 e. The van der Waals surface area contributed by atoms with Gasteiger partial charge in [-0.2, -0.15) is 0 Å². The summed E-state index contributed by atoms with van der Waals surface area (Å²) in [5, 5.41) is 17.2. The average Bonchev–Trinajstić information content (AvgIpc) is 2.99. The Balaban J connectivity index is 1.81. The van der Waals surface area contributed by atoms with Crippen LogP contribution >= 0.6 is 0 Å². The molecule has 3 N–H and O–H groups in total. The topological polar surface area (TPSA) is 100 Å². The molecule has 0 radical (unpaired) electrons. The van der Waals surface area contributed by atoms with E-state index in [4.69, 9.17) is 9.47 Å². The number of hydrogen-bond donors (Lipinski definition) is 3. The van der Waals surface area contributed by atoms with Crippen molar-refractivity contribution in [3.63, 3.8) is 0 Å². The second-order valence-electron chi connectivity index (χ2n) is 10.9. The van der Waals surface area contributed by atoms with Crippen molar-refractivity contribution in [2.45, 2.75) is 58.7 Å². The summed E-state index contributed by atoms with van der Waals surface area (Å²) in [4.78, 5) is 28.6. The normalized spacial score (nSPS) is 12.4. The first kappa shape index (κ1) is 34.5. The van der Waals surface area contributed by atoms with Crippen molar-refractivity contribution < 1.29 is 33.0 Å². The predicted molar refractivity (Wildman–Crippen MR) is 166 cm³/mol. The molecule has 0 saturated carbocycles. The molecule has 0 bridgehead atoms. The van der Waals surface area contributed by atoms with Gasteiger partial charge in [0.2, 0.25) is 0 Å². The molecule has 238 valence electrons. The lowest BCUT2D eigenvalue weighted by Crippen LogP contribution is -2.48. The van der Waals surface area contributed by atoms with Gasteiger partial charge in [-0.1, -0.05) is 13.8 Å². The minimum atomic E-state index is -1.13. The fraction of sp³-hybridized carbons (Fsp3) is 0.412. The number of halogens is 2. The van der Waals surface area contributed by atoms with E-state index in [0.717, 1.165) is 30.0 Å². The first-order valence-electron chi connectivity index (χ1n) is 14.8. The molecule has 3 rings (SSSR count). The number of aliphatic hydroxyl groups is 1. The van der Waals surface area contributed by atoms with Gasteiger partial charge in [-0.3, -0.25) is 9.59 Å². The summed E-state index contributed by atoms with van der Waals surface area (Å²) >= 11 is 0. The van der Waals surface area contributed by atoms with Gasteiger partial charge in [0.1, 0.15) is 23.1 Å². The van der Waals surface area contributed by atoms with E-state index >= 15 is 0 Å². The fourth-order valence-corrected chi connectivity index (χ4v) is 5.07. The van der Waals surface area contributed by atoms with E-state index in [-0.39, 0.29) is 30.0 Å². The van der Waals surface area contributed by atoms with Crippen LogP contribution in [0.15, 0.2) is 54.6 Å². The van der Waals surface area contributed by atoms with Crippen LogP contribution in [-0.4, -0.2) is 67.8 Å². The van der Waals surface area contributed by atoms with Gasteiger partial charge in [0.25, 0.3) is 11.8 Å². The van der Waals surface area contributed by atoms with Gasteiger partial charge in [0.15, 0.2) is 0 Å². The number of aryl methyl sites for hydroxylation is 1. The van der Waals surface area contributed by atoms with Crippen LogP contribution in [0, 0.1) is 18.6 Å². The number of benzene rings is 3. The van der Waals surface area contributed by atoms with E-state index in [2.05, 4.69) is 10.6 Å². The zero-order valence-corrected chi connectivity index (χ0v) is 26.1. The molecule has 0 aliphatic rings. The van der Waals surface area contributed by atoms with E-state index in [1.165, 1.54) is 12.1 Å². The van der Waals surface area contributed by atoms with Crippen LogP contribution < -0.4 is 20.1 Å². The predicted octanol–water partition coefficient (Wildman–Crippen LogP) is 5.04. The van der Waals surface area contributed by atoms with Gasteiger partial charge in [-0.15, -0.1) is 0 Å². The number of carbonyl (C=O) groups is 2. The van der Waals surface area contributed by atoms with Crippen molar-refractivity contribution in [1.82, 2.24) is 15.5 Å². The van der Waals surface area contributed by atoms with Gasteiger partial charge < -0.3 is 30.1 Å². The van der Waals surface area contributed by atoms with Gasteiger partial charge in [0.05, 0.1) is 26.4 Å². The Morgan fingerprint density at radius 2 is 1.43 bits per heavy atom. The highest BCUT2D eigenvalue weighted by Gasteiger charge is 2.24. The van der Waals surface area contributed by atoms with Crippen LogP contribution in [0.1, 0.15) is 64.1 Å². The molecule has 0 saturated heterocycles. The summed E-state index contributed by atoms with van der Waals surface area (Å²) in [7, 11) is 3.11. The molecular weight excluding hydrogens is 568 g/mol. The third-order valence-electron chi connectivity index (χ3n) is 7.11. The maximum absolute atomic E-state index is 14.0. The Kier molecular flexibility index (Phi) is 13.1. The van der Waals surface area contributed by atoms with Crippen LogP contribution in [0.2, 0.25) is 0 Å². The van der Waals surface area contributed by atoms with E-state index in [1.807, 2.05) is 26.0 Å². The van der Waals surface area contributed by atoms with Crippen molar-refractivity contribution in [2.75, 3.05) is 33.9 Å². The first-order valence-corrected chi connectivity index (χ1v) is 14.8. The maximum Gasteiger partial charge on any atom is 0.253 e. The molecule has 0 aliphatic carbocycles. The standard InChI is InChI=1S/C34H43F2N3O5/c1-6-8-39(9-7-2)34(42)26-11-22(3)10-25(17-26)33(41)38-31(16-23-12-27(35)18-28(36)13-23)32(40)21-37-20-24-14-29(43-4)19-30(15-24)44-5/h10-15,17-19,31-32,37,40H,6-9,16,20-21H2,1-5H3,(H,38,41)/t31-,32+/m0/s1. The number of ether oxygens (including phenoxy) is 2. The quantitative estimate of drug-likeness (QED) is 0.210. The number of nitrogens with one attached hydrogen (secondary N) is 2. The SMILES string of the molecule is CCCN(CCC)C(=O)c1cc(C)cc(C(=O)N[C@@H](Cc2cc(F)cc(F)c2)[C@H](O)CNCc2cc(OC)cc(OC)c2)c1. The largest absolute Gasteiger partial charge is 0.497 e. The maximum atomic E-state index is 14.0. The summed E-state index contributed by atoms with van der Waals surface area (Å²) in [5.74, 6) is -0.951. The fourth-order valence-electron chi connectivity index (χ4n) is 5.07. The van der Waals surface area contributed by atoms with E-state index in [1.54, 1.807) is 50.3 Å². The number of aliphatic hydroxyl groups excluding tert-OH is 1. The van der Waals surface area contributed by atoms with Gasteiger partial charge in [-0.05, 0) is 85.3 Å². The molecule has 8 nitrogen and oxygen atoms in total. The van der Waals surface area contributed by atoms with Crippen molar-refractivity contribution in [3.8, 4) is 11.5 Å². The zero-order chi connectivity index (χ0) is 32.2. The van der Waals surface area contributed by atoms with Crippen LogP contribution in [0.25, 0.3) is 0 Å². The molecule has 0 aromatic heterocycles. The lowest BCUT2D eigenvalue weighted by Gasteiger charge is -2.25. The van der Waals surface area contributed by atoms with Crippen LogP contribution in [0.4, 0.5) is 8.78 Å². The summed E-state index contributed by atoms with van der Waals surface area (Å²) in [5.41, 5.74) is 2.50. The molecule has 0 fully saturated rings. The van der Waals surface area contributed by atoms with Gasteiger partial charge in [0, 0.05) is 49.4 Å². The van der Waals surface area contributed by atoms with Crippen molar-refractivity contribution in [2.24, 2.45) is 0 Å². The minimum absolute atomic E-state index is 0.0331. The zero-order valence-electron chi connectivity index (χ0n) is 26.1. The second-order valence-corrected chi connectivity index (χ2v) is 10.9. The molecule has 44 heavy (non-hydrogen) atoms. The molecule has 3 aromatic rings. The number of carbonyl (C=O) groups excluding carboxylic acids is 2. The number of nitrogens with zero attached hydrogens (tertiary/aromatic N) is 1. The Morgan fingerprint density at radius 3 is 2.00 bits per heavy atom. The second kappa shape index (κ2) is 16.7. The Morgan fingerprint density at radius 1 is 0.841 bits per heavy atom. The Bertz CT molecular complexity index is 1370. The Hall–Kier alpha value is -4.02. The van der Waals surface area contributed by atoms with E-state index in [0.29, 0.717) is 36.7 Å². The van der Waals surface area contributed by atoms with Gasteiger partial charge in [-0.25, -0.2) is 8.78 Å². The molecule has 0 unspecified atom stereocenters. The number of hydrogen-bond acceptors (Lipinski definition) is 6. The lowest BCUT2D eigenvalue weighted by atomic mass is 9.99. The monoisotopic (exact) mass is 611 g/mol.